The lowest BCUT2D eigenvalue weighted by atomic mass is 9.84. The van der Waals surface area contributed by atoms with Crippen molar-refractivity contribution in [3.05, 3.63) is 85.7 Å². The molecule has 1 N–H and O–H groups in total. The van der Waals surface area contributed by atoms with Gasteiger partial charge in [0, 0.05) is 84.9 Å². The number of non-ortho nitro benzene ring substituents is 2. The van der Waals surface area contributed by atoms with Gasteiger partial charge in [-0.3, -0.25) is 29.6 Å². The van der Waals surface area contributed by atoms with Crippen molar-refractivity contribution in [2.24, 2.45) is 30.3 Å². The first-order valence-corrected chi connectivity index (χ1v) is 16.2. The van der Waals surface area contributed by atoms with Gasteiger partial charge >= 0.3 is 0 Å². The summed E-state index contributed by atoms with van der Waals surface area (Å²) in [7, 11) is 3.62. The second kappa shape index (κ2) is 14.0. The van der Waals surface area contributed by atoms with Crippen LogP contribution in [0.25, 0.3) is 22.5 Å². The number of rotatable bonds is 10. The number of aryl methyl sites for hydroxylation is 3. The van der Waals surface area contributed by atoms with Crippen LogP contribution in [0.2, 0.25) is 0 Å². The molecule has 49 heavy (non-hydrogen) atoms. The average Bonchev–Trinajstić information content (AvgIpc) is 3.57. The van der Waals surface area contributed by atoms with E-state index in [9.17, 15) is 20.2 Å². The third-order valence-electron chi connectivity index (χ3n) is 7.66. The molecule has 0 fully saturated rings. The molecule has 0 bridgehead atoms. The largest absolute Gasteiger partial charge is 0.384 e. The molecule has 0 atom stereocenters. The molecule has 4 rings (SSSR count). The molecule has 0 amide bonds. The van der Waals surface area contributed by atoms with E-state index < -0.39 is 9.85 Å². The normalized spacial score (nSPS) is 11.7. The number of nitrogens with one attached hydrogen (secondary N) is 1. The fraction of sp³-hybridized carbons (Fsp3) is 0.421. The van der Waals surface area contributed by atoms with Gasteiger partial charge in [0.25, 0.3) is 11.4 Å². The highest BCUT2D eigenvalue weighted by atomic mass is 16.6. The Bertz CT molecular complexity index is 1870. The Hall–Kier alpha value is -5.42. The topological polar surface area (TPSA) is 134 Å². The Labute approximate surface area is 288 Å². The summed E-state index contributed by atoms with van der Waals surface area (Å²) in [5, 5.41) is 36.4. The highest BCUT2D eigenvalue weighted by Crippen LogP contribution is 2.36. The molecule has 11 heteroatoms. The van der Waals surface area contributed by atoms with Crippen molar-refractivity contribution in [2.75, 3.05) is 11.9 Å². The second-order valence-electron chi connectivity index (χ2n) is 15.2. The molecule has 0 unspecified atom stereocenters. The summed E-state index contributed by atoms with van der Waals surface area (Å²) >= 11 is 0. The van der Waals surface area contributed by atoms with Crippen molar-refractivity contribution in [1.82, 2.24) is 19.6 Å². The molecule has 0 saturated carbocycles. The molecular formula is C38H45N7O4. The van der Waals surface area contributed by atoms with Crippen LogP contribution in [-0.4, -0.2) is 36.0 Å². The molecule has 2 heterocycles. The molecule has 0 radical (unpaired) electrons. The van der Waals surface area contributed by atoms with Gasteiger partial charge in [0.15, 0.2) is 0 Å². The van der Waals surface area contributed by atoms with Crippen LogP contribution in [0.5, 0.6) is 0 Å². The van der Waals surface area contributed by atoms with Gasteiger partial charge in [-0.2, -0.15) is 10.2 Å². The SMILES string of the molecule is Cn1cc(C#CC(C)(C)C)c(-c2cc([N+](=O)[O-])ccc2CCC(C)(C)CNc2ccc([N+](=O)[O-])cc2-c2nn(C)cc2C#CC(C)(C)C)n1. The van der Waals surface area contributed by atoms with E-state index in [4.69, 9.17) is 0 Å². The molecule has 0 aliphatic carbocycles. The first kappa shape index (κ1) is 36.4. The first-order chi connectivity index (χ1) is 22.7. The van der Waals surface area contributed by atoms with Crippen LogP contribution in [0.3, 0.4) is 0 Å². The molecule has 0 spiro atoms. The summed E-state index contributed by atoms with van der Waals surface area (Å²) in [6.45, 7) is 17.0. The minimum atomic E-state index is -0.413. The van der Waals surface area contributed by atoms with Crippen LogP contribution in [0, 0.1) is 60.2 Å². The highest BCUT2D eigenvalue weighted by Gasteiger charge is 2.24. The van der Waals surface area contributed by atoms with Gasteiger partial charge in [0.05, 0.1) is 21.0 Å². The zero-order chi connectivity index (χ0) is 36.3. The van der Waals surface area contributed by atoms with Crippen LogP contribution in [0.1, 0.15) is 78.5 Å². The number of nitrogens with zero attached hydrogens (tertiary/aromatic N) is 6. The minimum absolute atomic E-state index is 0.00755. The molecular weight excluding hydrogens is 618 g/mol. The van der Waals surface area contributed by atoms with Gasteiger partial charge in [-0.25, -0.2) is 0 Å². The van der Waals surface area contributed by atoms with E-state index in [1.807, 2.05) is 67.1 Å². The second-order valence-corrected chi connectivity index (χ2v) is 15.2. The Balaban J connectivity index is 1.64. The lowest BCUT2D eigenvalue weighted by Crippen LogP contribution is -2.24. The van der Waals surface area contributed by atoms with Gasteiger partial charge in [-0.1, -0.05) is 43.6 Å². The van der Waals surface area contributed by atoms with Gasteiger partial charge in [0.2, 0.25) is 0 Å². The number of nitro groups is 2. The third-order valence-corrected chi connectivity index (χ3v) is 7.66. The lowest BCUT2D eigenvalue weighted by Gasteiger charge is -2.26. The maximum absolute atomic E-state index is 11.8. The average molecular weight is 664 g/mol. The van der Waals surface area contributed by atoms with Crippen molar-refractivity contribution < 1.29 is 9.85 Å². The van der Waals surface area contributed by atoms with Crippen molar-refractivity contribution in [1.29, 1.82) is 0 Å². The van der Waals surface area contributed by atoms with Crippen LogP contribution < -0.4 is 5.32 Å². The Kier molecular flexibility index (Phi) is 10.4. The van der Waals surface area contributed by atoms with E-state index in [0.717, 1.165) is 12.0 Å². The van der Waals surface area contributed by atoms with Crippen LogP contribution in [-0.2, 0) is 20.5 Å². The molecule has 11 nitrogen and oxygen atoms in total. The summed E-state index contributed by atoms with van der Waals surface area (Å²) in [5.74, 6) is 13.0. The van der Waals surface area contributed by atoms with Crippen molar-refractivity contribution in [3.8, 4) is 46.2 Å². The highest BCUT2D eigenvalue weighted by molar-refractivity contribution is 5.81. The summed E-state index contributed by atoms with van der Waals surface area (Å²) in [5.41, 5.74) is 4.76. The minimum Gasteiger partial charge on any atom is -0.384 e. The fourth-order valence-electron chi connectivity index (χ4n) is 5.08. The van der Waals surface area contributed by atoms with Gasteiger partial charge in [-0.05, 0) is 71.4 Å². The third kappa shape index (κ3) is 9.80. The number of hydrogen-bond acceptors (Lipinski definition) is 7. The van der Waals surface area contributed by atoms with Gasteiger partial charge < -0.3 is 5.32 Å². The summed E-state index contributed by atoms with van der Waals surface area (Å²) in [6, 6.07) is 9.66. The Morgan fingerprint density at radius 2 is 1.20 bits per heavy atom. The molecule has 0 aliphatic heterocycles. The molecule has 0 aliphatic rings. The van der Waals surface area contributed by atoms with E-state index in [0.29, 0.717) is 52.3 Å². The van der Waals surface area contributed by atoms with E-state index in [2.05, 4.69) is 53.0 Å². The molecule has 0 saturated heterocycles. The van der Waals surface area contributed by atoms with Crippen LogP contribution in [0.15, 0.2) is 48.8 Å². The maximum atomic E-state index is 11.8. The van der Waals surface area contributed by atoms with Crippen molar-refractivity contribution in [3.63, 3.8) is 0 Å². The molecule has 2 aromatic carbocycles. The number of aromatic nitrogens is 4. The Morgan fingerprint density at radius 3 is 1.69 bits per heavy atom. The number of benzene rings is 2. The summed E-state index contributed by atoms with van der Waals surface area (Å²) < 4.78 is 3.35. The predicted octanol–water partition coefficient (Wildman–Crippen LogP) is 8.17. The van der Waals surface area contributed by atoms with E-state index >= 15 is 0 Å². The van der Waals surface area contributed by atoms with Gasteiger partial charge in [0.1, 0.15) is 11.4 Å². The Morgan fingerprint density at radius 1 is 0.735 bits per heavy atom. The first-order valence-electron chi connectivity index (χ1n) is 16.2. The maximum Gasteiger partial charge on any atom is 0.270 e. The zero-order valence-corrected chi connectivity index (χ0v) is 30.1. The number of hydrogen-bond donors (Lipinski definition) is 1. The lowest BCUT2D eigenvalue weighted by molar-refractivity contribution is -0.385. The quantitative estimate of drug-likeness (QED) is 0.103. The van der Waals surface area contributed by atoms with Crippen LogP contribution in [0.4, 0.5) is 17.1 Å². The molecule has 4 aromatic rings. The van der Waals surface area contributed by atoms with E-state index in [1.54, 1.807) is 28.5 Å². The van der Waals surface area contributed by atoms with Gasteiger partial charge in [-0.15, -0.1) is 0 Å². The predicted molar refractivity (Wildman–Crippen MR) is 194 cm³/mol. The zero-order valence-electron chi connectivity index (χ0n) is 30.1. The monoisotopic (exact) mass is 663 g/mol. The van der Waals surface area contributed by atoms with E-state index in [-0.39, 0.29) is 27.6 Å². The van der Waals surface area contributed by atoms with E-state index in [1.165, 1.54) is 18.2 Å². The molecule has 256 valence electrons. The van der Waals surface area contributed by atoms with Crippen LogP contribution >= 0.6 is 0 Å². The number of nitro benzene ring substituents is 2. The fourth-order valence-corrected chi connectivity index (χ4v) is 5.08. The summed E-state index contributed by atoms with van der Waals surface area (Å²) in [4.78, 5) is 22.7. The van der Waals surface area contributed by atoms with Crippen molar-refractivity contribution >= 4 is 17.1 Å². The number of anilines is 1. The summed E-state index contributed by atoms with van der Waals surface area (Å²) in [6.07, 6.45) is 5.03. The van der Waals surface area contributed by atoms with Crippen molar-refractivity contribution in [2.45, 2.75) is 68.2 Å². The molecule has 2 aromatic heterocycles. The smallest absolute Gasteiger partial charge is 0.270 e. The standard InChI is InChI=1S/C38H45N7O4/c1-36(2,3)18-15-27-23-42(9)40-34(27)31-21-29(44(46)47)12-11-26(31)17-20-38(7,8)25-39-33-14-13-30(45(48)49)22-32(33)35-28(24-43(10)41-35)16-19-37(4,5)6/h11-14,21-24,39H,17,20,25H2,1-10H3.